The fourth-order valence-corrected chi connectivity index (χ4v) is 1.87. The first-order valence-corrected chi connectivity index (χ1v) is 6.40. The van der Waals surface area contributed by atoms with Crippen LogP contribution in [0, 0.1) is 0 Å². The Labute approximate surface area is 97.7 Å². The molecule has 0 saturated heterocycles. The van der Waals surface area contributed by atoms with E-state index in [9.17, 15) is 0 Å². The van der Waals surface area contributed by atoms with Crippen molar-refractivity contribution >= 4 is 11.6 Å². The zero-order chi connectivity index (χ0) is 11.1. The molecule has 0 fully saturated rings. The van der Waals surface area contributed by atoms with Gasteiger partial charge in [0.05, 0.1) is 0 Å². The Morgan fingerprint density at radius 2 is 2.20 bits per heavy atom. The SMILES string of the molecule is CCC(C)c1nccn1CCCCCCl. The topological polar surface area (TPSA) is 17.8 Å². The maximum Gasteiger partial charge on any atom is 0.111 e. The second kappa shape index (κ2) is 6.89. The molecule has 0 radical (unpaired) electrons. The molecule has 1 rings (SSSR count). The highest BCUT2D eigenvalue weighted by Gasteiger charge is 2.08. The number of aryl methyl sites for hydroxylation is 1. The Kier molecular flexibility index (Phi) is 5.77. The van der Waals surface area contributed by atoms with Crippen LogP contribution >= 0.6 is 11.6 Å². The third-order valence-corrected chi connectivity index (χ3v) is 3.10. The van der Waals surface area contributed by atoms with Gasteiger partial charge in [-0.3, -0.25) is 0 Å². The van der Waals surface area contributed by atoms with Gasteiger partial charge in [0.2, 0.25) is 0 Å². The van der Waals surface area contributed by atoms with Crippen LogP contribution in [0.1, 0.15) is 51.3 Å². The lowest BCUT2D eigenvalue weighted by Gasteiger charge is -2.11. The number of hydrogen-bond acceptors (Lipinski definition) is 1. The molecule has 1 atom stereocenters. The fourth-order valence-electron chi connectivity index (χ4n) is 1.68. The van der Waals surface area contributed by atoms with Crippen molar-refractivity contribution in [1.82, 2.24) is 9.55 Å². The van der Waals surface area contributed by atoms with E-state index in [2.05, 4.69) is 29.6 Å². The molecule has 0 bridgehead atoms. The van der Waals surface area contributed by atoms with Crippen LogP contribution in [0.5, 0.6) is 0 Å². The maximum atomic E-state index is 5.65. The molecule has 0 N–H and O–H groups in total. The van der Waals surface area contributed by atoms with Crippen LogP contribution < -0.4 is 0 Å². The van der Waals surface area contributed by atoms with Gasteiger partial charge in [-0.15, -0.1) is 11.6 Å². The molecular formula is C12H21ClN2. The van der Waals surface area contributed by atoms with Gasteiger partial charge >= 0.3 is 0 Å². The standard InChI is InChI=1S/C12H21ClN2/c1-3-11(2)12-14-8-10-15(12)9-6-4-5-7-13/h8,10-11H,3-7,9H2,1-2H3. The minimum atomic E-state index is 0.563. The molecule has 86 valence electrons. The lowest BCUT2D eigenvalue weighted by molar-refractivity contribution is 0.549. The molecule has 15 heavy (non-hydrogen) atoms. The summed E-state index contributed by atoms with van der Waals surface area (Å²) in [5.41, 5.74) is 0. The average molecular weight is 229 g/mol. The number of nitrogens with zero attached hydrogens (tertiary/aromatic N) is 2. The first kappa shape index (κ1) is 12.6. The van der Waals surface area contributed by atoms with E-state index < -0.39 is 0 Å². The summed E-state index contributed by atoms with van der Waals surface area (Å²) < 4.78 is 2.28. The average Bonchev–Trinajstić information content (AvgIpc) is 2.71. The van der Waals surface area contributed by atoms with E-state index in [1.807, 2.05) is 6.20 Å². The molecule has 1 aromatic rings. The third-order valence-electron chi connectivity index (χ3n) is 2.83. The van der Waals surface area contributed by atoms with Crippen molar-refractivity contribution in [3.8, 4) is 0 Å². The van der Waals surface area contributed by atoms with Crippen LogP contribution in [-0.2, 0) is 6.54 Å². The highest BCUT2D eigenvalue weighted by molar-refractivity contribution is 6.17. The lowest BCUT2D eigenvalue weighted by Crippen LogP contribution is -2.06. The van der Waals surface area contributed by atoms with Gasteiger partial charge in [0, 0.05) is 30.7 Å². The summed E-state index contributed by atoms with van der Waals surface area (Å²) in [6.07, 6.45) is 8.67. The van der Waals surface area contributed by atoms with Gasteiger partial charge in [-0.2, -0.15) is 0 Å². The Bertz CT molecular complexity index is 270. The highest BCUT2D eigenvalue weighted by atomic mass is 35.5. The quantitative estimate of drug-likeness (QED) is 0.513. The molecule has 1 heterocycles. The number of unbranched alkanes of at least 4 members (excludes halogenated alkanes) is 2. The Hall–Kier alpha value is -0.500. The van der Waals surface area contributed by atoms with Gasteiger partial charge in [-0.1, -0.05) is 20.3 Å². The Morgan fingerprint density at radius 1 is 1.40 bits per heavy atom. The molecule has 1 aromatic heterocycles. The summed E-state index contributed by atoms with van der Waals surface area (Å²) >= 11 is 5.65. The van der Waals surface area contributed by atoms with Crippen LogP contribution in [0.15, 0.2) is 12.4 Å². The molecule has 0 amide bonds. The van der Waals surface area contributed by atoms with Crippen LogP contribution in [0.3, 0.4) is 0 Å². The van der Waals surface area contributed by atoms with Crippen molar-refractivity contribution in [2.24, 2.45) is 0 Å². The summed E-state index contributed by atoms with van der Waals surface area (Å²) in [5, 5.41) is 0. The summed E-state index contributed by atoms with van der Waals surface area (Å²) in [5.74, 6) is 2.57. The van der Waals surface area contributed by atoms with Gasteiger partial charge < -0.3 is 4.57 Å². The van der Waals surface area contributed by atoms with Gasteiger partial charge in [0.15, 0.2) is 0 Å². The smallest absolute Gasteiger partial charge is 0.111 e. The summed E-state index contributed by atoms with van der Waals surface area (Å²) in [4.78, 5) is 4.42. The van der Waals surface area contributed by atoms with Crippen LogP contribution in [0.2, 0.25) is 0 Å². The molecule has 0 saturated carbocycles. The van der Waals surface area contributed by atoms with Crippen molar-refractivity contribution in [3.63, 3.8) is 0 Å². The van der Waals surface area contributed by atoms with Crippen molar-refractivity contribution in [2.75, 3.05) is 5.88 Å². The number of rotatable bonds is 7. The predicted molar refractivity (Wildman–Crippen MR) is 65.5 cm³/mol. The van der Waals surface area contributed by atoms with Crippen LogP contribution in [0.4, 0.5) is 0 Å². The monoisotopic (exact) mass is 228 g/mol. The van der Waals surface area contributed by atoms with Gasteiger partial charge in [-0.25, -0.2) is 4.98 Å². The Morgan fingerprint density at radius 3 is 2.87 bits per heavy atom. The zero-order valence-electron chi connectivity index (χ0n) is 9.75. The van der Waals surface area contributed by atoms with Gasteiger partial charge in [-0.05, 0) is 19.3 Å². The minimum absolute atomic E-state index is 0.563. The number of halogens is 1. The van der Waals surface area contributed by atoms with Gasteiger partial charge in [0.1, 0.15) is 5.82 Å². The highest BCUT2D eigenvalue weighted by Crippen LogP contribution is 2.17. The van der Waals surface area contributed by atoms with E-state index in [-0.39, 0.29) is 0 Å². The predicted octanol–water partition coefficient (Wildman–Crippen LogP) is 3.81. The number of aromatic nitrogens is 2. The van der Waals surface area contributed by atoms with E-state index in [4.69, 9.17) is 11.6 Å². The summed E-state index contributed by atoms with van der Waals surface area (Å²) in [7, 11) is 0. The first-order chi connectivity index (χ1) is 7.29. The lowest BCUT2D eigenvalue weighted by atomic mass is 10.1. The molecule has 0 aromatic carbocycles. The molecule has 2 nitrogen and oxygen atoms in total. The van der Waals surface area contributed by atoms with Crippen molar-refractivity contribution in [2.45, 2.75) is 52.0 Å². The second-order valence-electron chi connectivity index (χ2n) is 4.04. The first-order valence-electron chi connectivity index (χ1n) is 5.86. The maximum absolute atomic E-state index is 5.65. The van der Waals surface area contributed by atoms with Crippen LogP contribution in [0.25, 0.3) is 0 Å². The number of imidazole rings is 1. The summed E-state index contributed by atoms with van der Waals surface area (Å²) in [6, 6.07) is 0. The van der Waals surface area contributed by atoms with Crippen LogP contribution in [-0.4, -0.2) is 15.4 Å². The molecule has 3 heteroatoms. The van der Waals surface area contributed by atoms with E-state index >= 15 is 0 Å². The molecule has 0 aliphatic heterocycles. The molecule has 0 aliphatic carbocycles. The largest absolute Gasteiger partial charge is 0.335 e. The molecule has 0 aliphatic rings. The van der Waals surface area contributed by atoms with Crippen molar-refractivity contribution in [3.05, 3.63) is 18.2 Å². The normalized spacial score (nSPS) is 13.0. The Balaban J connectivity index is 2.43. The minimum Gasteiger partial charge on any atom is -0.335 e. The molecule has 0 spiro atoms. The number of hydrogen-bond donors (Lipinski definition) is 0. The van der Waals surface area contributed by atoms with Crippen molar-refractivity contribution < 1.29 is 0 Å². The zero-order valence-corrected chi connectivity index (χ0v) is 10.5. The van der Waals surface area contributed by atoms with Gasteiger partial charge in [0.25, 0.3) is 0 Å². The molecule has 1 unspecified atom stereocenters. The second-order valence-corrected chi connectivity index (χ2v) is 4.42. The number of alkyl halides is 1. The molecular weight excluding hydrogens is 208 g/mol. The fraction of sp³-hybridized carbons (Fsp3) is 0.750. The van der Waals surface area contributed by atoms with E-state index in [0.29, 0.717) is 5.92 Å². The van der Waals surface area contributed by atoms with E-state index in [1.54, 1.807) is 0 Å². The summed E-state index contributed by atoms with van der Waals surface area (Å²) in [6.45, 7) is 5.52. The van der Waals surface area contributed by atoms with E-state index in [0.717, 1.165) is 25.3 Å². The third kappa shape index (κ3) is 3.86. The van der Waals surface area contributed by atoms with Crippen molar-refractivity contribution in [1.29, 1.82) is 0 Å². The van der Waals surface area contributed by atoms with E-state index in [1.165, 1.54) is 18.7 Å².